The van der Waals surface area contributed by atoms with Crippen molar-refractivity contribution in [1.29, 1.82) is 0 Å². The zero-order chi connectivity index (χ0) is 20.4. The minimum absolute atomic E-state index is 0.111. The Morgan fingerprint density at radius 2 is 2.03 bits per heavy atom. The number of nitrogens with zero attached hydrogens (tertiary/aromatic N) is 3. The number of fused-ring (bicyclic) bond motifs is 1. The fraction of sp³-hybridized carbons (Fsp3) is 0.348. The highest BCUT2D eigenvalue weighted by Gasteiger charge is 2.29. The van der Waals surface area contributed by atoms with Gasteiger partial charge in [-0.3, -0.25) is 0 Å². The molecule has 2 unspecified atom stereocenters. The van der Waals surface area contributed by atoms with Crippen molar-refractivity contribution in [2.24, 2.45) is 17.0 Å². The summed E-state index contributed by atoms with van der Waals surface area (Å²) in [6, 6.07) is 8.31. The summed E-state index contributed by atoms with van der Waals surface area (Å²) in [6.45, 7) is 4.57. The van der Waals surface area contributed by atoms with E-state index in [1.54, 1.807) is 12.3 Å². The van der Waals surface area contributed by atoms with Gasteiger partial charge < -0.3 is 10.5 Å². The fourth-order valence-electron chi connectivity index (χ4n) is 3.87. The van der Waals surface area contributed by atoms with Gasteiger partial charge in [0.15, 0.2) is 0 Å². The molecule has 2 aliphatic rings. The van der Waals surface area contributed by atoms with Gasteiger partial charge in [0, 0.05) is 30.6 Å². The Balaban J connectivity index is 1.54. The van der Waals surface area contributed by atoms with Crippen LogP contribution in [0.15, 0.2) is 59.4 Å². The van der Waals surface area contributed by atoms with Gasteiger partial charge >= 0.3 is 0 Å². The van der Waals surface area contributed by atoms with Crippen molar-refractivity contribution in [2.75, 3.05) is 5.32 Å². The van der Waals surface area contributed by atoms with Crippen LogP contribution < -0.4 is 5.32 Å². The number of nitrogens with one attached hydrogen (secondary N) is 1. The topological polar surface area (TPSA) is 70.4 Å². The Morgan fingerprint density at radius 1 is 1.24 bits per heavy atom. The Bertz CT molecular complexity index is 981. The van der Waals surface area contributed by atoms with Gasteiger partial charge in [-0.2, -0.15) is 0 Å². The van der Waals surface area contributed by atoms with E-state index < -0.39 is 6.17 Å². The molecule has 1 aromatic heterocycles. The van der Waals surface area contributed by atoms with E-state index in [0.29, 0.717) is 31.0 Å². The van der Waals surface area contributed by atoms with Crippen LogP contribution in [0.4, 0.5) is 10.3 Å². The fourth-order valence-corrected chi connectivity index (χ4v) is 3.87. The maximum atomic E-state index is 13.8. The molecule has 6 heteroatoms. The standard InChI is InChI=1S/C23H25FN4O/c1-14-3-5-16(6-4-14)12-25-23-26-13-19-21(27-23)10-18(11-22(19)28-29)17-7-8-20(24)15(2)9-17/h3-9,13,15,18,20,29H,10-12H2,1-2H3,(H,25,26,27)/b28-22+/t15?,18?,20-/m0/s1. The highest BCUT2D eigenvalue weighted by Crippen LogP contribution is 2.33. The van der Waals surface area contributed by atoms with E-state index in [-0.39, 0.29) is 11.8 Å². The molecular weight excluding hydrogens is 367 g/mol. The van der Waals surface area contributed by atoms with Crippen LogP contribution in [0.5, 0.6) is 0 Å². The molecule has 2 N–H and O–H groups in total. The molecule has 1 aromatic carbocycles. The summed E-state index contributed by atoms with van der Waals surface area (Å²) in [7, 11) is 0. The van der Waals surface area contributed by atoms with E-state index in [1.807, 2.05) is 19.1 Å². The first kappa shape index (κ1) is 19.3. The molecule has 4 rings (SSSR count). The maximum absolute atomic E-state index is 13.8. The van der Waals surface area contributed by atoms with Gasteiger partial charge in [0.2, 0.25) is 5.95 Å². The summed E-state index contributed by atoms with van der Waals surface area (Å²) in [5.74, 6) is 0.509. The summed E-state index contributed by atoms with van der Waals surface area (Å²) in [6.07, 6.45) is 7.51. The van der Waals surface area contributed by atoms with Crippen molar-refractivity contribution in [2.45, 2.75) is 39.4 Å². The molecule has 5 nitrogen and oxygen atoms in total. The number of rotatable bonds is 4. The second-order valence-corrected chi connectivity index (χ2v) is 7.87. The van der Waals surface area contributed by atoms with Crippen LogP contribution >= 0.6 is 0 Å². The Hall–Kier alpha value is -3.02. The van der Waals surface area contributed by atoms with E-state index in [9.17, 15) is 9.60 Å². The quantitative estimate of drug-likeness (QED) is 0.589. The summed E-state index contributed by atoms with van der Waals surface area (Å²) in [5, 5.41) is 16.3. The number of aromatic nitrogens is 2. The van der Waals surface area contributed by atoms with Crippen LogP contribution in [0.1, 0.15) is 35.7 Å². The highest BCUT2D eigenvalue weighted by atomic mass is 19.1. The largest absolute Gasteiger partial charge is 0.411 e. The van der Waals surface area contributed by atoms with Crippen LogP contribution in [0.3, 0.4) is 0 Å². The molecule has 0 saturated heterocycles. The van der Waals surface area contributed by atoms with Crippen molar-refractivity contribution in [3.05, 3.63) is 76.6 Å². The maximum Gasteiger partial charge on any atom is 0.223 e. The van der Waals surface area contributed by atoms with Crippen molar-refractivity contribution in [3.63, 3.8) is 0 Å². The smallest absolute Gasteiger partial charge is 0.223 e. The number of hydrogen-bond donors (Lipinski definition) is 2. The molecular formula is C23H25FN4O. The van der Waals surface area contributed by atoms with Crippen molar-refractivity contribution < 1.29 is 9.60 Å². The number of oxime groups is 1. The average molecular weight is 392 g/mol. The monoisotopic (exact) mass is 392 g/mol. The third kappa shape index (κ3) is 4.21. The lowest BCUT2D eigenvalue weighted by Gasteiger charge is -2.28. The number of allylic oxidation sites excluding steroid dienone is 4. The van der Waals surface area contributed by atoms with Crippen molar-refractivity contribution >= 4 is 11.7 Å². The summed E-state index contributed by atoms with van der Waals surface area (Å²) in [4.78, 5) is 9.07. The number of hydrogen-bond acceptors (Lipinski definition) is 5. The first-order valence-electron chi connectivity index (χ1n) is 9.94. The van der Waals surface area contributed by atoms with Crippen molar-refractivity contribution in [3.8, 4) is 0 Å². The van der Waals surface area contributed by atoms with Gasteiger partial charge in [0.05, 0.1) is 11.4 Å². The van der Waals surface area contributed by atoms with Gasteiger partial charge in [-0.15, -0.1) is 0 Å². The van der Waals surface area contributed by atoms with Crippen LogP contribution in [0, 0.1) is 18.8 Å². The Kier molecular flexibility index (Phi) is 5.43. The van der Waals surface area contributed by atoms with E-state index in [4.69, 9.17) is 0 Å². The SMILES string of the molecule is Cc1ccc(CNc2ncc3c(n2)CC(C2=CC(C)[C@@H](F)C=C2)C/C3=N\O)cc1. The number of anilines is 1. The van der Waals surface area contributed by atoms with Gasteiger partial charge in [-0.25, -0.2) is 14.4 Å². The number of aryl methyl sites for hydroxylation is 1. The number of alkyl halides is 1. The third-order valence-corrected chi connectivity index (χ3v) is 5.65. The van der Waals surface area contributed by atoms with Crippen LogP contribution in [-0.4, -0.2) is 27.1 Å². The van der Waals surface area contributed by atoms with E-state index in [2.05, 4.69) is 51.6 Å². The summed E-state index contributed by atoms with van der Waals surface area (Å²) >= 11 is 0. The molecule has 0 amide bonds. The average Bonchev–Trinajstić information content (AvgIpc) is 2.74. The zero-order valence-electron chi connectivity index (χ0n) is 16.6. The lowest BCUT2D eigenvalue weighted by atomic mass is 9.78. The van der Waals surface area contributed by atoms with E-state index in [0.717, 1.165) is 22.4 Å². The zero-order valence-corrected chi connectivity index (χ0v) is 16.6. The molecule has 0 spiro atoms. The third-order valence-electron chi connectivity index (χ3n) is 5.65. The highest BCUT2D eigenvalue weighted by molar-refractivity contribution is 6.02. The summed E-state index contributed by atoms with van der Waals surface area (Å²) < 4.78 is 13.8. The predicted octanol–water partition coefficient (Wildman–Crippen LogP) is 4.61. The van der Waals surface area contributed by atoms with Crippen LogP contribution in [0.25, 0.3) is 0 Å². The molecule has 0 aliphatic heterocycles. The molecule has 0 saturated carbocycles. The molecule has 0 radical (unpaired) electrons. The number of benzene rings is 1. The van der Waals surface area contributed by atoms with E-state index >= 15 is 0 Å². The van der Waals surface area contributed by atoms with Crippen molar-refractivity contribution in [1.82, 2.24) is 9.97 Å². The molecule has 2 aliphatic carbocycles. The minimum Gasteiger partial charge on any atom is -0.411 e. The van der Waals surface area contributed by atoms with Gasteiger partial charge in [0.1, 0.15) is 6.17 Å². The molecule has 0 fully saturated rings. The second kappa shape index (κ2) is 8.15. The van der Waals surface area contributed by atoms with Crippen LogP contribution in [-0.2, 0) is 13.0 Å². The normalized spacial score (nSPS) is 24.9. The Morgan fingerprint density at radius 3 is 2.76 bits per heavy atom. The minimum atomic E-state index is -0.944. The van der Waals surface area contributed by atoms with Gasteiger partial charge in [-0.05, 0) is 36.5 Å². The Labute approximate surface area is 170 Å². The molecule has 29 heavy (non-hydrogen) atoms. The molecule has 2 aromatic rings. The number of halogens is 1. The summed E-state index contributed by atoms with van der Waals surface area (Å²) in [5.41, 5.74) is 5.65. The first-order valence-corrected chi connectivity index (χ1v) is 9.94. The molecule has 3 atom stereocenters. The van der Waals surface area contributed by atoms with Crippen LogP contribution in [0.2, 0.25) is 0 Å². The first-order chi connectivity index (χ1) is 14.0. The van der Waals surface area contributed by atoms with Gasteiger partial charge in [-0.1, -0.05) is 54.1 Å². The molecule has 1 heterocycles. The predicted molar refractivity (Wildman–Crippen MR) is 112 cm³/mol. The van der Waals surface area contributed by atoms with Gasteiger partial charge in [0.25, 0.3) is 0 Å². The van der Waals surface area contributed by atoms with E-state index in [1.165, 1.54) is 5.56 Å². The lowest BCUT2D eigenvalue weighted by molar-refractivity contribution is 0.315. The second-order valence-electron chi connectivity index (χ2n) is 7.87. The molecule has 150 valence electrons. The molecule has 0 bridgehead atoms. The lowest BCUT2D eigenvalue weighted by Crippen LogP contribution is -2.25.